The van der Waals surface area contributed by atoms with Crippen molar-refractivity contribution < 1.29 is 23.4 Å². The van der Waals surface area contributed by atoms with E-state index in [2.05, 4.69) is 20.7 Å². The molecular weight excluding hydrogens is 482 g/mol. The van der Waals surface area contributed by atoms with Crippen LogP contribution in [-0.4, -0.2) is 56.9 Å². The Labute approximate surface area is 211 Å². The third kappa shape index (κ3) is 4.75. The number of benzene rings is 1. The summed E-state index contributed by atoms with van der Waals surface area (Å²) in [5.74, 6) is -2.30. The molecule has 1 aliphatic heterocycles. The van der Waals surface area contributed by atoms with Crippen molar-refractivity contribution in [1.29, 1.82) is 0 Å². The van der Waals surface area contributed by atoms with Gasteiger partial charge in [-0.1, -0.05) is 6.07 Å². The number of rotatable bonds is 6. The number of carbonyl (C=O) groups is 1. The fourth-order valence-corrected chi connectivity index (χ4v) is 4.24. The van der Waals surface area contributed by atoms with Crippen LogP contribution in [0.5, 0.6) is 0 Å². The van der Waals surface area contributed by atoms with Crippen LogP contribution in [0.4, 0.5) is 14.6 Å². The molecule has 0 saturated carbocycles. The molecule has 192 valence electrons. The second-order valence-electron chi connectivity index (χ2n) is 9.42. The van der Waals surface area contributed by atoms with E-state index in [1.807, 2.05) is 6.07 Å². The van der Waals surface area contributed by atoms with Crippen LogP contribution in [0.2, 0.25) is 0 Å². The maximum absolute atomic E-state index is 14.9. The highest BCUT2D eigenvalue weighted by molar-refractivity contribution is 5.96. The van der Waals surface area contributed by atoms with E-state index in [4.69, 9.17) is 9.72 Å². The molecule has 1 aromatic carbocycles. The molecule has 1 unspecified atom stereocenters. The maximum Gasteiger partial charge on any atom is 0.251 e. The summed E-state index contributed by atoms with van der Waals surface area (Å²) in [4.78, 5) is 21.3. The average Bonchev–Trinajstić information content (AvgIpc) is 3.54. The van der Waals surface area contributed by atoms with Crippen molar-refractivity contribution in [3.8, 4) is 22.3 Å². The minimum atomic E-state index is -1.15. The SMILES string of the molecule is CNC(=O)c1cc(F)c(F)c(-c2cnn3cc(-c4ccc(C(C)(C)O)nc4)c(NC4CCOC4)nc23)c1. The van der Waals surface area contributed by atoms with Crippen LogP contribution < -0.4 is 10.6 Å². The first kappa shape index (κ1) is 24.7. The summed E-state index contributed by atoms with van der Waals surface area (Å²) in [6.07, 6.45) is 5.53. The molecule has 5 rings (SSSR count). The molecule has 3 N–H and O–H groups in total. The predicted octanol–water partition coefficient (Wildman–Crippen LogP) is 3.52. The number of carbonyl (C=O) groups excluding carboxylic acids is 1. The zero-order valence-corrected chi connectivity index (χ0v) is 20.5. The van der Waals surface area contributed by atoms with Crippen LogP contribution in [0.15, 0.2) is 42.9 Å². The van der Waals surface area contributed by atoms with Gasteiger partial charge in [-0.2, -0.15) is 5.10 Å². The van der Waals surface area contributed by atoms with Gasteiger partial charge in [0, 0.05) is 53.9 Å². The number of halogens is 2. The number of nitrogens with zero attached hydrogens (tertiary/aromatic N) is 4. The Morgan fingerprint density at radius 2 is 2.00 bits per heavy atom. The van der Waals surface area contributed by atoms with E-state index < -0.39 is 23.1 Å². The normalized spacial score (nSPS) is 15.8. The van der Waals surface area contributed by atoms with Gasteiger partial charge in [-0.25, -0.2) is 18.3 Å². The molecular formula is C26H26F2N6O3. The molecule has 1 atom stereocenters. The lowest BCUT2D eigenvalue weighted by atomic mass is 10.0. The second-order valence-corrected chi connectivity index (χ2v) is 9.42. The number of hydrogen-bond donors (Lipinski definition) is 3. The number of nitrogens with one attached hydrogen (secondary N) is 2. The first-order valence-electron chi connectivity index (χ1n) is 11.8. The first-order valence-corrected chi connectivity index (χ1v) is 11.8. The number of hydrogen-bond acceptors (Lipinski definition) is 7. The van der Waals surface area contributed by atoms with Crippen LogP contribution in [0, 0.1) is 11.6 Å². The van der Waals surface area contributed by atoms with E-state index in [-0.39, 0.29) is 28.4 Å². The van der Waals surface area contributed by atoms with Crippen LogP contribution in [0.3, 0.4) is 0 Å². The summed E-state index contributed by atoms with van der Waals surface area (Å²) in [5.41, 5.74) is 1.18. The summed E-state index contributed by atoms with van der Waals surface area (Å²) in [7, 11) is 1.41. The summed E-state index contributed by atoms with van der Waals surface area (Å²) < 4.78 is 36.3. The van der Waals surface area contributed by atoms with Gasteiger partial charge in [-0.3, -0.25) is 9.78 Å². The number of amides is 1. The highest BCUT2D eigenvalue weighted by atomic mass is 19.2. The summed E-state index contributed by atoms with van der Waals surface area (Å²) in [5, 5.41) is 20.4. The number of aliphatic hydroxyl groups is 1. The lowest BCUT2D eigenvalue weighted by molar-refractivity contribution is 0.0738. The molecule has 37 heavy (non-hydrogen) atoms. The largest absolute Gasteiger partial charge is 0.384 e. The Kier molecular flexibility index (Phi) is 6.34. The Morgan fingerprint density at radius 1 is 1.19 bits per heavy atom. The van der Waals surface area contributed by atoms with Gasteiger partial charge in [-0.15, -0.1) is 0 Å². The second kappa shape index (κ2) is 9.49. The quantitative estimate of drug-likeness (QED) is 0.365. The van der Waals surface area contributed by atoms with E-state index in [0.29, 0.717) is 30.3 Å². The molecule has 11 heteroatoms. The van der Waals surface area contributed by atoms with E-state index in [0.717, 1.165) is 18.1 Å². The molecule has 0 bridgehead atoms. The van der Waals surface area contributed by atoms with Crippen molar-refractivity contribution in [2.75, 3.05) is 25.6 Å². The summed E-state index contributed by atoms with van der Waals surface area (Å²) in [6.45, 7) is 4.43. The van der Waals surface area contributed by atoms with Crippen LogP contribution in [0.25, 0.3) is 27.9 Å². The average molecular weight is 509 g/mol. The lowest BCUT2D eigenvalue weighted by Crippen LogP contribution is -2.21. The lowest BCUT2D eigenvalue weighted by Gasteiger charge is -2.18. The standard InChI is InChI=1S/C26H26F2N6O3/c1-26(2,36)21-5-4-14(10-30-21)19-12-34-24(33-23(19)32-16-6-7-37-13-16)18(11-31-34)17-8-15(25(35)29-3)9-20(27)22(17)28/h4-5,8-12,16,36H,6-7,13H2,1-3H3,(H,29,35)(H,32,33). The fourth-order valence-electron chi connectivity index (χ4n) is 4.24. The molecule has 4 aromatic rings. The molecule has 9 nitrogen and oxygen atoms in total. The third-order valence-corrected chi connectivity index (χ3v) is 6.27. The molecule has 0 aliphatic carbocycles. The number of anilines is 1. The monoisotopic (exact) mass is 508 g/mol. The Balaban J connectivity index is 1.66. The summed E-state index contributed by atoms with van der Waals surface area (Å²) in [6, 6.07) is 5.70. The highest BCUT2D eigenvalue weighted by Gasteiger charge is 2.24. The fraction of sp³-hybridized carbons (Fsp3) is 0.308. The van der Waals surface area contributed by atoms with Crippen LogP contribution in [-0.2, 0) is 10.3 Å². The maximum atomic E-state index is 14.9. The van der Waals surface area contributed by atoms with Gasteiger partial charge in [0.25, 0.3) is 5.91 Å². The van der Waals surface area contributed by atoms with Crippen molar-refractivity contribution in [2.24, 2.45) is 0 Å². The van der Waals surface area contributed by atoms with E-state index in [1.54, 1.807) is 32.3 Å². The van der Waals surface area contributed by atoms with Crippen molar-refractivity contribution in [3.63, 3.8) is 0 Å². The van der Waals surface area contributed by atoms with Crippen molar-refractivity contribution >= 4 is 17.4 Å². The Bertz CT molecular complexity index is 1470. The number of aromatic nitrogens is 4. The van der Waals surface area contributed by atoms with Gasteiger partial charge in [0.05, 0.1) is 24.5 Å². The van der Waals surface area contributed by atoms with E-state index >= 15 is 0 Å². The summed E-state index contributed by atoms with van der Waals surface area (Å²) >= 11 is 0. The van der Waals surface area contributed by atoms with E-state index in [1.165, 1.54) is 23.8 Å². The van der Waals surface area contributed by atoms with Gasteiger partial charge in [0.15, 0.2) is 17.3 Å². The molecule has 1 fully saturated rings. The molecule has 4 heterocycles. The number of ether oxygens (including phenoxy) is 1. The van der Waals surface area contributed by atoms with Crippen LogP contribution in [0.1, 0.15) is 36.3 Å². The van der Waals surface area contributed by atoms with Crippen molar-refractivity contribution in [2.45, 2.75) is 31.9 Å². The van der Waals surface area contributed by atoms with Crippen molar-refractivity contribution in [1.82, 2.24) is 24.9 Å². The van der Waals surface area contributed by atoms with Crippen LogP contribution >= 0.6 is 0 Å². The molecule has 1 amide bonds. The van der Waals surface area contributed by atoms with Gasteiger partial charge < -0.3 is 20.5 Å². The molecule has 1 saturated heterocycles. The molecule has 0 radical (unpaired) electrons. The van der Waals surface area contributed by atoms with Gasteiger partial charge in [0.1, 0.15) is 11.4 Å². The van der Waals surface area contributed by atoms with E-state index in [9.17, 15) is 18.7 Å². The predicted molar refractivity (Wildman–Crippen MR) is 133 cm³/mol. The number of pyridine rings is 1. The third-order valence-electron chi connectivity index (χ3n) is 6.27. The van der Waals surface area contributed by atoms with Crippen molar-refractivity contribution in [3.05, 3.63) is 65.7 Å². The first-order chi connectivity index (χ1) is 17.7. The van der Waals surface area contributed by atoms with Gasteiger partial charge in [-0.05, 0) is 38.5 Å². The minimum absolute atomic E-state index is 0.00874. The molecule has 3 aromatic heterocycles. The van der Waals surface area contributed by atoms with Gasteiger partial charge >= 0.3 is 0 Å². The molecule has 0 spiro atoms. The minimum Gasteiger partial charge on any atom is -0.384 e. The molecule has 1 aliphatic rings. The zero-order valence-electron chi connectivity index (χ0n) is 20.5. The highest BCUT2D eigenvalue weighted by Crippen LogP contribution is 2.34. The number of fused-ring (bicyclic) bond motifs is 1. The Morgan fingerprint density at radius 3 is 2.65 bits per heavy atom. The smallest absolute Gasteiger partial charge is 0.251 e. The topological polar surface area (TPSA) is 114 Å². The van der Waals surface area contributed by atoms with Gasteiger partial charge in [0.2, 0.25) is 0 Å². The zero-order chi connectivity index (χ0) is 26.3. The Hall–Kier alpha value is -3.96.